The summed E-state index contributed by atoms with van der Waals surface area (Å²) in [5.41, 5.74) is 4.06. The lowest BCUT2D eigenvalue weighted by Crippen LogP contribution is -2.02. The number of aryl methyl sites for hydroxylation is 2. The number of rotatable bonds is 4. The Morgan fingerprint density at radius 2 is 1.90 bits per heavy atom. The minimum Gasteiger partial charge on any atom is -0.381 e. The Bertz CT molecular complexity index is 733. The lowest BCUT2D eigenvalue weighted by Gasteiger charge is -2.10. The first-order valence-corrected chi connectivity index (χ1v) is 6.50. The van der Waals surface area contributed by atoms with Crippen molar-refractivity contribution in [2.75, 3.05) is 5.32 Å². The molecule has 0 aliphatic carbocycles. The Morgan fingerprint density at radius 3 is 2.57 bits per heavy atom. The lowest BCUT2D eigenvalue weighted by molar-refractivity contribution is -0.385. The Labute approximate surface area is 123 Å². The van der Waals surface area contributed by atoms with Crippen LogP contribution in [0.1, 0.15) is 22.3 Å². The maximum atomic E-state index is 10.9. The maximum absolute atomic E-state index is 10.9. The average Bonchev–Trinajstić information content (AvgIpc) is 2.47. The predicted molar refractivity (Wildman–Crippen MR) is 81.1 cm³/mol. The van der Waals surface area contributed by atoms with Gasteiger partial charge < -0.3 is 5.32 Å². The summed E-state index contributed by atoms with van der Waals surface area (Å²) in [4.78, 5) is 10.6. The topological polar surface area (TPSA) is 79.0 Å². The van der Waals surface area contributed by atoms with Gasteiger partial charge in [0.25, 0.3) is 5.69 Å². The van der Waals surface area contributed by atoms with Gasteiger partial charge in [-0.25, -0.2) is 0 Å². The number of hydrogen-bond acceptors (Lipinski definition) is 4. The Morgan fingerprint density at radius 1 is 1.19 bits per heavy atom. The van der Waals surface area contributed by atoms with Gasteiger partial charge in [0.1, 0.15) is 0 Å². The molecule has 0 bridgehead atoms. The molecule has 0 saturated carbocycles. The molecule has 5 heteroatoms. The first kappa shape index (κ1) is 14.5. The first-order chi connectivity index (χ1) is 10.0. The predicted octanol–water partition coefficient (Wildman–Crippen LogP) is 3.70. The van der Waals surface area contributed by atoms with E-state index in [0.717, 1.165) is 16.8 Å². The molecular formula is C16H15N3O2. The zero-order valence-electron chi connectivity index (χ0n) is 11.9. The molecule has 0 unspecified atom stereocenters. The minimum absolute atomic E-state index is 0.122. The van der Waals surface area contributed by atoms with Crippen LogP contribution < -0.4 is 5.32 Å². The third-order valence-corrected chi connectivity index (χ3v) is 3.32. The molecule has 2 aromatic carbocycles. The highest BCUT2D eigenvalue weighted by Crippen LogP contribution is 2.21. The van der Waals surface area contributed by atoms with E-state index in [2.05, 4.69) is 11.4 Å². The minimum atomic E-state index is -0.375. The third kappa shape index (κ3) is 3.37. The van der Waals surface area contributed by atoms with Crippen LogP contribution in [0.25, 0.3) is 0 Å². The number of hydrogen-bond donors (Lipinski definition) is 1. The van der Waals surface area contributed by atoms with E-state index < -0.39 is 0 Å². The summed E-state index contributed by atoms with van der Waals surface area (Å²) in [7, 11) is 0. The van der Waals surface area contributed by atoms with Crippen LogP contribution in [0.5, 0.6) is 0 Å². The molecule has 5 nitrogen and oxygen atoms in total. The number of nitrogens with zero attached hydrogens (tertiary/aromatic N) is 2. The van der Waals surface area contributed by atoms with Crippen molar-refractivity contribution in [3.63, 3.8) is 0 Å². The smallest absolute Gasteiger partial charge is 0.272 e. The third-order valence-electron chi connectivity index (χ3n) is 3.32. The molecule has 2 rings (SSSR count). The summed E-state index contributed by atoms with van der Waals surface area (Å²) in [6, 6.07) is 12.7. The zero-order valence-corrected chi connectivity index (χ0v) is 11.9. The second-order valence-electron chi connectivity index (χ2n) is 4.87. The molecule has 2 aromatic rings. The quantitative estimate of drug-likeness (QED) is 0.684. The van der Waals surface area contributed by atoms with Crippen LogP contribution in [-0.2, 0) is 6.54 Å². The number of nitro benzene ring substituents is 1. The van der Waals surface area contributed by atoms with E-state index in [1.165, 1.54) is 0 Å². The molecule has 0 radical (unpaired) electrons. The fourth-order valence-electron chi connectivity index (χ4n) is 2.04. The molecule has 0 aliphatic rings. The van der Waals surface area contributed by atoms with E-state index in [-0.39, 0.29) is 10.6 Å². The van der Waals surface area contributed by atoms with E-state index in [1.807, 2.05) is 19.1 Å². The van der Waals surface area contributed by atoms with Gasteiger partial charge in [-0.05, 0) is 37.1 Å². The number of anilines is 1. The summed E-state index contributed by atoms with van der Waals surface area (Å²) in [5.74, 6) is 0. The molecule has 106 valence electrons. The summed E-state index contributed by atoms with van der Waals surface area (Å²) in [6.07, 6.45) is 0. The Balaban J connectivity index is 2.19. The molecule has 0 spiro atoms. The van der Waals surface area contributed by atoms with E-state index in [9.17, 15) is 10.1 Å². The van der Waals surface area contributed by atoms with Gasteiger partial charge in [0, 0.05) is 23.9 Å². The highest BCUT2D eigenvalue weighted by atomic mass is 16.6. The molecule has 0 aromatic heterocycles. The standard InChI is InChI=1S/C16H15N3O2/c1-11-3-5-13(9-17)7-15(11)18-10-14-6-4-12(2)16(8-14)19(20)21/h3-8,18H,10H2,1-2H3. The number of nitro groups is 1. The van der Waals surface area contributed by atoms with E-state index in [0.29, 0.717) is 17.7 Å². The monoisotopic (exact) mass is 281 g/mol. The summed E-state index contributed by atoms with van der Waals surface area (Å²) in [5, 5.41) is 23.1. The highest BCUT2D eigenvalue weighted by Gasteiger charge is 2.11. The maximum Gasteiger partial charge on any atom is 0.272 e. The summed E-state index contributed by atoms with van der Waals surface area (Å²) in [6.45, 7) is 4.13. The molecule has 1 N–H and O–H groups in total. The van der Waals surface area contributed by atoms with Crippen molar-refractivity contribution in [2.24, 2.45) is 0 Å². The fourth-order valence-corrected chi connectivity index (χ4v) is 2.04. The van der Waals surface area contributed by atoms with Crippen molar-refractivity contribution in [3.05, 3.63) is 68.8 Å². The molecule has 0 fully saturated rings. The van der Waals surface area contributed by atoms with Gasteiger partial charge in [-0.3, -0.25) is 10.1 Å². The molecule has 0 aliphatic heterocycles. The van der Waals surface area contributed by atoms with Crippen molar-refractivity contribution in [3.8, 4) is 6.07 Å². The average molecular weight is 281 g/mol. The van der Waals surface area contributed by atoms with Gasteiger partial charge in [-0.2, -0.15) is 5.26 Å². The van der Waals surface area contributed by atoms with Crippen molar-refractivity contribution >= 4 is 11.4 Å². The Hall–Kier alpha value is -2.87. The van der Waals surface area contributed by atoms with Crippen molar-refractivity contribution in [1.82, 2.24) is 0 Å². The molecule has 0 amide bonds. The zero-order chi connectivity index (χ0) is 15.4. The second kappa shape index (κ2) is 6.06. The fraction of sp³-hybridized carbons (Fsp3) is 0.188. The van der Waals surface area contributed by atoms with Crippen molar-refractivity contribution in [2.45, 2.75) is 20.4 Å². The molecule has 21 heavy (non-hydrogen) atoms. The molecule has 0 saturated heterocycles. The summed E-state index contributed by atoms with van der Waals surface area (Å²) < 4.78 is 0. The van der Waals surface area contributed by atoms with Crippen molar-refractivity contribution < 1.29 is 4.92 Å². The molecule has 0 heterocycles. The van der Waals surface area contributed by atoms with Crippen LogP contribution in [0.4, 0.5) is 11.4 Å². The SMILES string of the molecule is Cc1ccc(C#N)cc1NCc1ccc(C)c([N+](=O)[O-])c1. The normalized spacial score (nSPS) is 9.95. The van der Waals surface area contributed by atoms with Crippen LogP contribution in [0.3, 0.4) is 0 Å². The van der Waals surface area contributed by atoms with Gasteiger partial charge in [-0.15, -0.1) is 0 Å². The van der Waals surface area contributed by atoms with Crippen LogP contribution in [-0.4, -0.2) is 4.92 Å². The van der Waals surface area contributed by atoms with Gasteiger partial charge in [-0.1, -0.05) is 18.2 Å². The largest absolute Gasteiger partial charge is 0.381 e. The molecular weight excluding hydrogens is 266 g/mol. The summed E-state index contributed by atoms with van der Waals surface area (Å²) >= 11 is 0. The van der Waals surface area contributed by atoms with E-state index in [4.69, 9.17) is 5.26 Å². The highest BCUT2D eigenvalue weighted by molar-refractivity contribution is 5.55. The number of nitrogens with one attached hydrogen (secondary N) is 1. The number of benzene rings is 2. The number of nitriles is 1. The van der Waals surface area contributed by atoms with Crippen LogP contribution in [0.2, 0.25) is 0 Å². The Kier molecular flexibility index (Phi) is 4.19. The first-order valence-electron chi connectivity index (χ1n) is 6.50. The van der Waals surface area contributed by atoms with Crippen LogP contribution >= 0.6 is 0 Å². The van der Waals surface area contributed by atoms with E-state index in [1.54, 1.807) is 31.2 Å². The second-order valence-corrected chi connectivity index (χ2v) is 4.87. The molecule has 0 atom stereocenters. The lowest BCUT2D eigenvalue weighted by atomic mass is 10.1. The van der Waals surface area contributed by atoms with Gasteiger partial charge in [0.05, 0.1) is 16.6 Å². The van der Waals surface area contributed by atoms with Gasteiger partial charge in [0.2, 0.25) is 0 Å². The van der Waals surface area contributed by atoms with Gasteiger partial charge >= 0.3 is 0 Å². The van der Waals surface area contributed by atoms with Crippen LogP contribution in [0.15, 0.2) is 36.4 Å². The van der Waals surface area contributed by atoms with Crippen LogP contribution in [0, 0.1) is 35.3 Å². The van der Waals surface area contributed by atoms with Crippen molar-refractivity contribution in [1.29, 1.82) is 5.26 Å². The van der Waals surface area contributed by atoms with Gasteiger partial charge in [0.15, 0.2) is 0 Å². The van der Waals surface area contributed by atoms with E-state index >= 15 is 0 Å².